The number of piperidine rings is 1. The predicted octanol–water partition coefficient (Wildman–Crippen LogP) is 2.59. The predicted molar refractivity (Wildman–Crippen MR) is 94.6 cm³/mol. The van der Waals surface area contributed by atoms with Crippen LogP contribution in [-0.4, -0.2) is 40.1 Å². The Balaban J connectivity index is 1.44. The number of likely N-dealkylation sites (tertiary alicyclic amines) is 1. The molecule has 0 saturated carbocycles. The van der Waals surface area contributed by atoms with Crippen LogP contribution in [0.4, 0.5) is 14.9 Å². The number of amides is 2. The molecule has 1 aliphatic heterocycles. The van der Waals surface area contributed by atoms with Gasteiger partial charge in [-0.15, -0.1) is 0 Å². The summed E-state index contributed by atoms with van der Waals surface area (Å²) in [5.74, 6) is 1.10. The molecule has 1 unspecified atom stereocenters. The van der Waals surface area contributed by atoms with Crippen molar-refractivity contribution in [3.8, 4) is 0 Å². The molecule has 0 aliphatic carbocycles. The summed E-state index contributed by atoms with van der Waals surface area (Å²) in [7, 11) is 2.00. The van der Waals surface area contributed by atoms with Crippen LogP contribution in [0.25, 0.3) is 0 Å². The highest BCUT2D eigenvalue weighted by Crippen LogP contribution is 2.17. The van der Waals surface area contributed by atoms with E-state index in [1.807, 2.05) is 24.0 Å². The van der Waals surface area contributed by atoms with E-state index in [0.717, 1.165) is 38.3 Å². The van der Waals surface area contributed by atoms with Crippen LogP contribution in [0.5, 0.6) is 0 Å². The molecular formula is C18H24FN5O. The molecule has 2 aromatic rings. The minimum atomic E-state index is -0.366. The lowest BCUT2D eigenvalue weighted by Crippen LogP contribution is -2.41. The molecule has 0 bridgehead atoms. The number of imidazole rings is 1. The molecule has 2 N–H and O–H groups in total. The van der Waals surface area contributed by atoms with Crippen molar-refractivity contribution in [1.29, 1.82) is 0 Å². The Hall–Kier alpha value is -2.41. The number of carbonyl (C=O) groups is 1. The number of hydrogen-bond donors (Lipinski definition) is 2. The Bertz CT molecular complexity index is 717. The molecule has 25 heavy (non-hydrogen) atoms. The van der Waals surface area contributed by atoms with Crippen molar-refractivity contribution in [3.63, 3.8) is 0 Å². The molecule has 0 radical (unpaired) electrons. The molecule has 134 valence electrons. The summed E-state index contributed by atoms with van der Waals surface area (Å²) in [5.41, 5.74) is 0.456. The second-order valence-corrected chi connectivity index (χ2v) is 6.54. The van der Waals surface area contributed by atoms with Crippen molar-refractivity contribution in [3.05, 3.63) is 48.3 Å². The summed E-state index contributed by atoms with van der Waals surface area (Å²) in [6, 6.07) is 5.59. The number of aryl methyl sites for hydroxylation is 1. The van der Waals surface area contributed by atoms with Gasteiger partial charge in [0.2, 0.25) is 0 Å². The third-order valence-electron chi connectivity index (χ3n) is 4.52. The Morgan fingerprint density at radius 1 is 1.44 bits per heavy atom. The van der Waals surface area contributed by atoms with Crippen molar-refractivity contribution in [2.24, 2.45) is 13.0 Å². The van der Waals surface area contributed by atoms with Crippen LogP contribution in [0.3, 0.4) is 0 Å². The summed E-state index contributed by atoms with van der Waals surface area (Å²) >= 11 is 0. The number of nitrogens with zero attached hydrogens (tertiary/aromatic N) is 3. The SMILES string of the molecule is Cn1ccnc1CN1CCCC(CNC(=O)Nc2cccc(F)c2)C1. The monoisotopic (exact) mass is 345 g/mol. The minimum Gasteiger partial charge on any atom is -0.338 e. The van der Waals surface area contributed by atoms with Gasteiger partial charge in [0.15, 0.2) is 0 Å². The van der Waals surface area contributed by atoms with Gasteiger partial charge >= 0.3 is 6.03 Å². The first-order valence-electron chi connectivity index (χ1n) is 8.59. The molecule has 1 atom stereocenters. The Morgan fingerprint density at radius 2 is 2.32 bits per heavy atom. The van der Waals surface area contributed by atoms with Gasteiger partial charge < -0.3 is 15.2 Å². The van der Waals surface area contributed by atoms with Crippen LogP contribution in [0.15, 0.2) is 36.7 Å². The van der Waals surface area contributed by atoms with Gasteiger partial charge in [-0.1, -0.05) is 6.07 Å². The van der Waals surface area contributed by atoms with E-state index in [4.69, 9.17) is 0 Å². The summed E-state index contributed by atoms with van der Waals surface area (Å²) < 4.78 is 15.2. The highest BCUT2D eigenvalue weighted by molar-refractivity contribution is 5.89. The van der Waals surface area contributed by atoms with Crippen molar-refractivity contribution < 1.29 is 9.18 Å². The fourth-order valence-electron chi connectivity index (χ4n) is 3.19. The third-order valence-corrected chi connectivity index (χ3v) is 4.52. The molecule has 1 fully saturated rings. The molecule has 1 aliphatic rings. The van der Waals surface area contributed by atoms with Crippen molar-refractivity contribution in [1.82, 2.24) is 19.8 Å². The topological polar surface area (TPSA) is 62.2 Å². The van der Waals surface area contributed by atoms with Gasteiger partial charge in [0, 0.05) is 38.2 Å². The zero-order valence-corrected chi connectivity index (χ0v) is 14.4. The Morgan fingerprint density at radius 3 is 3.08 bits per heavy atom. The van der Waals surface area contributed by atoms with Crippen molar-refractivity contribution in [2.45, 2.75) is 19.4 Å². The first kappa shape index (κ1) is 17.4. The zero-order chi connectivity index (χ0) is 17.6. The van der Waals surface area contributed by atoms with E-state index in [0.29, 0.717) is 18.2 Å². The molecule has 7 heteroatoms. The molecule has 3 rings (SSSR count). The minimum absolute atomic E-state index is 0.299. The number of carbonyl (C=O) groups excluding carboxylic acids is 1. The van der Waals surface area contributed by atoms with Gasteiger partial charge in [0.1, 0.15) is 11.6 Å². The number of urea groups is 1. The summed E-state index contributed by atoms with van der Waals surface area (Å²) in [6.07, 6.45) is 5.98. The fraction of sp³-hybridized carbons (Fsp3) is 0.444. The van der Waals surface area contributed by atoms with Crippen LogP contribution in [0.2, 0.25) is 0 Å². The smallest absolute Gasteiger partial charge is 0.319 e. The summed E-state index contributed by atoms with van der Waals surface area (Å²) in [4.78, 5) is 18.7. The normalized spacial score (nSPS) is 18.1. The number of halogens is 1. The number of nitrogens with one attached hydrogen (secondary N) is 2. The quantitative estimate of drug-likeness (QED) is 0.876. The molecule has 1 saturated heterocycles. The second-order valence-electron chi connectivity index (χ2n) is 6.54. The lowest BCUT2D eigenvalue weighted by Gasteiger charge is -2.32. The van der Waals surface area contributed by atoms with Crippen LogP contribution < -0.4 is 10.6 Å². The highest BCUT2D eigenvalue weighted by atomic mass is 19.1. The second kappa shape index (κ2) is 8.11. The maximum atomic E-state index is 13.1. The van der Waals surface area contributed by atoms with Gasteiger partial charge in [0.25, 0.3) is 0 Å². The van der Waals surface area contributed by atoms with Crippen LogP contribution in [0.1, 0.15) is 18.7 Å². The zero-order valence-electron chi connectivity index (χ0n) is 14.4. The lowest BCUT2D eigenvalue weighted by molar-refractivity contribution is 0.161. The van der Waals surface area contributed by atoms with Crippen molar-refractivity contribution in [2.75, 3.05) is 25.0 Å². The van der Waals surface area contributed by atoms with E-state index in [2.05, 4.69) is 20.5 Å². The van der Waals surface area contributed by atoms with E-state index in [-0.39, 0.29) is 11.8 Å². The number of aromatic nitrogens is 2. The average molecular weight is 345 g/mol. The highest BCUT2D eigenvalue weighted by Gasteiger charge is 2.21. The van der Waals surface area contributed by atoms with Crippen LogP contribution in [-0.2, 0) is 13.6 Å². The molecule has 1 aromatic heterocycles. The molecule has 2 amide bonds. The van der Waals surface area contributed by atoms with Crippen LogP contribution in [0, 0.1) is 11.7 Å². The van der Waals surface area contributed by atoms with Gasteiger partial charge in [-0.3, -0.25) is 4.90 Å². The first-order chi connectivity index (χ1) is 12.1. The summed E-state index contributed by atoms with van der Waals surface area (Å²) in [5, 5.41) is 5.55. The molecule has 1 aromatic carbocycles. The molecule has 0 spiro atoms. The largest absolute Gasteiger partial charge is 0.338 e. The fourth-order valence-corrected chi connectivity index (χ4v) is 3.19. The standard InChI is InChI=1S/C18H24FN5O/c1-23-9-7-20-17(23)13-24-8-3-4-14(12-24)11-21-18(25)22-16-6-2-5-15(19)10-16/h2,5-7,9-10,14H,3-4,8,11-13H2,1H3,(H2,21,22,25). The average Bonchev–Trinajstić information content (AvgIpc) is 2.98. The number of anilines is 1. The maximum Gasteiger partial charge on any atom is 0.319 e. The van der Waals surface area contributed by atoms with Crippen molar-refractivity contribution >= 4 is 11.7 Å². The number of hydrogen-bond acceptors (Lipinski definition) is 3. The van der Waals surface area contributed by atoms with E-state index < -0.39 is 0 Å². The third kappa shape index (κ3) is 5.03. The Kier molecular flexibility index (Phi) is 5.65. The van der Waals surface area contributed by atoms with Crippen LogP contribution >= 0.6 is 0 Å². The first-order valence-corrected chi connectivity index (χ1v) is 8.59. The van der Waals surface area contributed by atoms with E-state index in [1.165, 1.54) is 12.1 Å². The van der Waals surface area contributed by atoms with E-state index >= 15 is 0 Å². The molecular weight excluding hydrogens is 321 g/mol. The van der Waals surface area contributed by atoms with Gasteiger partial charge in [-0.2, -0.15) is 0 Å². The van der Waals surface area contributed by atoms with E-state index in [9.17, 15) is 9.18 Å². The number of rotatable bonds is 5. The van der Waals surface area contributed by atoms with E-state index in [1.54, 1.807) is 12.1 Å². The Labute approximate surface area is 147 Å². The lowest BCUT2D eigenvalue weighted by atomic mass is 9.98. The van der Waals surface area contributed by atoms with Gasteiger partial charge in [0.05, 0.1) is 6.54 Å². The van der Waals surface area contributed by atoms with Gasteiger partial charge in [-0.05, 0) is 43.5 Å². The maximum absolute atomic E-state index is 13.1. The molecule has 6 nitrogen and oxygen atoms in total. The summed E-state index contributed by atoms with van der Waals surface area (Å²) in [6.45, 7) is 3.43. The number of benzene rings is 1. The van der Waals surface area contributed by atoms with Gasteiger partial charge in [-0.25, -0.2) is 14.2 Å². The molecule has 2 heterocycles.